The summed E-state index contributed by atoms with van der Waals surface area (Å²) in [5, 5.41) is 3.37. The van der Waals surface area contributed by atoms with E-state index in [0.29, 0.717) is 6.04 Å². The van der Waals surface area contributed by atoms with Crippen molar-refractivity contribution < 1.29 is 9.47 Å². The van der Waals surface area contributed by atoms with Crippen LogP contribution in [0.2, 0.25) is 0 Å². The molecule has 1 atom stereocenters. The van der Waals surface area contributed by atoms with E-state index in [-0.39, 0.29) is 0 Å². The third-order valence-electron chi connectivity index (χ3n) is 3.09. The third-order valence-corrected chi connectivity index (χ3v) is 3.73. The lowest BCUT2D eigenvalue weighted by Gasteiger charge is -2.22. The zero-order valence-electron chi connectivity index (χ0n) is 11.9. The Bertz CT molecular complexity index is 382. The molecule has 0 aliphatic carbocycles. The van der Waals surface area contributed by atoms with Crippen molar-refractivity contribution in [3.05, 3.63) is 23.3 Å². The highest BCUT2D eigenvalue weighted by Gasteiger charge is 2.18. The molecule has 18 heavy (non-hydrogen) atoms. The molecular weight excluding hydrogens is 246 g/mol. The first kappa shape index (κ1) is 15.2. The number of benzene rings is 1. The van der Waals surface area contributed by atoms with E-state index < -0.39 is 0 Å². The highest BCUT2D eigenvalue weighted by molar-refractivity contribution is 7.98. The molecule has 0 spiro atoms. The Balaban J connectivity index is 3.11. The van der Waals surface area contributed by atoms with E-state index in [0.717, 1.165) is 23.7 Å². The van der Waals surface area contributed by atoms with Crippen molar-refractivity contribution in [2.45, 2.75) is 19.4 Å². The van der Waals surface area contributed by atoms with Crippen molar-refractivity contribution in [3.63, 3.8) is 0 Å². The number of hydrogen-bond acceptors (Lipinski definition) is 4. The van der Waals surface area contributed by atoms with Crippen LogP contribution in [0.25, 0.3) is 0 Å². The summed E-state index contributed by atoms with van der Waals surface area (Å²) in [5.41, 5.74) is 2.43. The van der Waals surface area contributed by atoms with Crippen LogP contribution in [0.3, 0.4) is 0 Å². The lowest BCUT2D eigenvalue weighted by molar-refractivity contribution is 0.384. The van der Waals surface area contributed by atoms with Gasteiger partial charge in [-0.05, 0) is 44.0 Å². The number of hydrogen-bond donors (Lipinski definition) is 1. The summed E-state index contributed by atoms with van der Waals surface area (Å²) < 4.78 is 10.8. The number of nitrogens with one attached hydrogen (secondary N) is 1. The second kappa shape index (κ2) is 7.54. The maximum Gasteiger partial charge on any atom is 0.127 e. The summed E-state index contributed by atoms with van der Waals surface area (Å²) in [6, 6.07) is 4.32. The van der Waals surface area contributed by atoms with Crippen LogP contribution in [0.4, 0.5) is 0 Å². The van der Waals surface area contributed by atoms with Gasteiger partial charge in [-0.1, -0.05) is 0 Å². The highest BCUT2D eigenvalue weighted by Crippen LogP contribution is 2.34. The van der Waals surface area contributed by atoms with Crippen LogP contribution in [0, 0.1) is 6.92 Å². The van der Waals surface area contributed by atoms with E-state index >= 15 is 0 Å². The topological polar surface area (TPSA) is 30.5 Å². The monoisotopic (exact) mass is 269 g/mol. The van der Waals surface area contributed by atoms with E-state index in [4.69, 9.17) is 9.47 Å². The lowest BCUT2D eigenvalue weighted by Crippen LogP contribution is -2.19. The maximum atomic E-state index is 5.50. The molecule has 0 aliphatic rings. The fraction of sp³-hybridized carbons (Fsp3) is 0.571. The van der Waals surface area contributed by atoms with Crippen LogP contribution in [0.1, 0.15) is 23.6 Å². The molecule has 0 saturated carbocycles. The van der Waals surface area contributed by atoms with Crippen molar-refractivity contribution in [3.8, 4) is 11.5 Å². The summed E-state index contributed by atoms with van der Waals surface area (Å²) in [6.07, 6.45) is 3.21. The molecule has 0 aromatic heterocycles. The van der Waals surface area contributed by atoms with Crippen molar-refractivity contribution >= 4 is 11.8 Å². The van der Waals surface area contributed by atoms with Crippen molar-refractivity contribution in [2.75, 3.05) is 33.3 Å². The largest absolute Gasteiger partial charge is 0.497 e. The number of rotatable bonds is 7. The van der Waals surface area contributed by atoms with Crippen LogP contribution in [-0.2, 0) is 0 Å². The predicted octanol–water partition coefficient (Wildman–Crippen LogP) is 3.03. The molecule has 1 unspecified atom stereocenters. The van der Waals surface area contributed by atoms with Gasteiger partial charge < -0.3 is 14.8 Å². The minimum atomic E-state index is 0.318. The molecule has 0 heterocycles. The van der Waals surface area contributed by atoms with Gasteiger partial charge >= 0.3 is 0 Å². The average molecular weight is 269 g/mol. The Kier molecular flexibility index (Phi) is 6.36. The number of thioether (sulfide) groups is 1. The summed E-state index contributed by atoms with van der Waals surface area (Å²) in [4.78, 5) is 0. The van der Waals surface area contributed by atoms with E-state index in [1.807, 2.05) is 24.9 Å². The van der Waals surface area contributed by atoms with Gasteiger partial charge in [0.15, 0.2) is 0 Å². The molecule has 1 rings (SSSR count). The smallest absolute Gasteiger partial charge is 0.127 e. The zero-order chi connectivity index (χ0) is 13.5. The third kappa shape index (κ3) is 3.56. The number of aryl methyl sites for hydroxylation is 1. The molecule has 0 radical (unpaired) electrons. The van der Waals surface area contributed by atoms with Crippen LogP contribution < -0.4 is 14.8 Å². The quantitative estimate of drug-likeness (QED) is 0.824. The first-order valence-electron chi connectivity index (χ1n) is 6.06. The standard InChI is InChI=1S/C14H23NO2S/c1-10-8-11(16-3)9-13(17-4)14(10)12(15-2)6-7-18-5/h8-9,12,15H,6-7H2,1-5H3. The van der Waals surface area contributed by atoms with Gasteiger partial charge in [0.1, 0.15) is 11.5 Å². The average Bonchev–Trinajstić information content (AvgIpc) is 2.40. The van der Waals surface area contributed by atoms with Crippen LogP contribution in [-0.4, -0.2) is 33.3 Å². The predicted molar refractivity (Wildman–Crippen MR) is 79.1 cm³/mol. The molecule has 1 N–H and O–H groups in total. The molecular formula is C14H23NO2S. The Morgan fingerprint density at radius 2 is 2.00 bits per heavy atom. The molecule has 0 amide bonds. The molecule has 3 nitrogen and oxygen atoms in total. The first-order chi connectivity index (χ1) is 8.67. The fourth-order valence-corrected chi connectivity index (χ4v) is 2.61. The van der Waals surface area contributed by atoms with Gasteiger partial charge in [0, 0.05) is 17.7 Å². The van der Waals surface area contributed by atoms with E-state index in [9.17, 15) is 0 Å². The number of ether oxygens (including phenoxy) is 2. The van der Waals surface area contributed by atoms with Crippen molar-refractivity contribution in [1.82, 2.24) is 5.32 Å². The Morgan fingerprint density at radius 3 is 2.50 bits per heavy atom. The van der Waals surface area contributed by atoms with Gasteiger partial charge in [-0.15, -0.1) is 0 Å². The van der Waals surface area contributed by atoms with Crippen molar-refractivity contribution in [1.29, 1.82) is 0 Å². The van der Waals surface area contributed by atoms with Crippen LogP contribution >= 0.6 is 11.8 Å². The lowest BCUT2D eigenvalue weighted by atomic mass is 9.97. The Labute approximate surface area is 114 Å². The van der Waals surface area contributed by atoms with E-state index in [1.165, 1.54) is 11.1 Å². The fourth-order valence-electron chi connectivity index (χ4n) is 2.14. The minimum Gasteiger partial charge on any atom is -0.497 e. The summed E-state index contributed by atoms with van der Waals surface area (Å²) >= 11 is 1.86. The van der Waals surface area contributed by atoms with Crippen LogP contribution in [0.15, 0.2) is 12.1 Å². The summed E-state index contributed by atoms with van der Waals surface area (Å²) in [6.45, 7) is 2.10. The van der Waals surface area contributed by atoms with Gasteiger partial charge in [-0.25, -0.2) is 0 Å². The van der Waals surface area contributed by atoms with Gasteiger partial charge in [-0.2, -0.15) is 11.8 Å². The highest BCUT2D eigenvalue weighted by atomic mass is 32.2. The summed E-state index contributed by atoms with van der Waals surface area (Å²) in [7, 11) is 5.38. The molecule has 1 aromatic rings. The molecule has 0 aliphatic heterocycles. The second-order valence-corrected chi connectivity index (χ2v) is 5.17. The van der Waals surface area contributed by atoms with E-state index in [1.54, 1.807) is 14.2 Å². The first-order valence-corrected chi connectivity index (χ1v) is 7.46. The Morgan fingerprint density at radius 1 is 1.28 bits per heavy atom. The van der Waals surface area contributed by atoms with Crippen LogP contribution in [0.5, 0.6) is 11.5 Å². The van der Waals surface area contributed by atoms with Gasteiger partial charge in [-0.3, -0.25) is 0 Å². The second-order valence-electron chi connectivity index (χ2n) is 4.18. The molecule has 0 saturated heterocycles. The molecule has 0 bridgehead atoms. The van der Waals surface area contributed by atoms with E-state index in [2.05, 4.69) is 24.6 Å². The zero-order valence-corrected chi connectivity index (χ0v) is 12.7. The van der Waals surface area contributed by atoms with Crippen molar-refractivity contribution in [2.24, 2.45) is 0 Å². The molecule has 0 fully saturated rings. The minimum absolute atomic E-state index is 0.318. The Hall–Kier alpha value is -0.870. The normalized spacial score (nSPS) is 12.3. The maximum absolute atomic E-state index is 5.50. The molecule has 1 aromatic carbocycles. The summed E-state index contributed by atoms with van der Waals surface area (Å²) in [5.74, 6) is 2.86. The van der Waals surface area contributed by atoms with Gasteiger partial charge in [0.05, 0.1) is 14.2 Å². The molecule has 102 valence electrons. The van der Waals surface area contributed by atoms with Gasteiger partial charge in [0.2, 0.25) is 0 Å². The van der Waals surface area contributed by atoms with Gasteiger partial charge in [0.25, 0.3) is 0 Å². The SMILES string of the molecule is CNC(CCSC)c1c(C)cc(OC)cc1OC. The number of methoxy groups -OCH3 is 2. The molecule has 4 heteroatoms.